The van der Waals surface area contributed by atoms with E-state index < -0.39 is 17.1 Å². The molecule has 2 atom stereocenters. The highest BCUT2D eigenvalue weighted by Crippen LogP contribution is 2.31. The first-order valence-electron chi connectivity index (χ1n) is 9.42. The second-order valence-electron chi connectivity index (χ2n) is 6.23. The molecule has 0 saturated carbocycles. The van der Waals surface area contributed by atoms with Crippen molar-refractivity contribution >= 4 is 17.1 Å². The maximum absolute atomic E-state index is 6.03. The normalized spacial score (nSPS) is 15.8. The van der Waals surface area contributed by atoms with E-state index in [-0.39, 0.29) is 0 Å². The zero-order valence-corrected chi connectivity index (χ0v) is 19.5. The van der Waals surface area contributed by atoms with E-state index in [9.17, 15) is 0 Å². The molecule has 0 spiro atoms. The predicted octanol–water partition coefficient (Wildman–Crippen LogP) is 3.84. The van der Waals surface area contributed by atoms with E-state index in [1.807, 2.05) is 28.4 Å². The summed E-state index contributed by atoms with van der Waals surface area (Å²) in [5.74, 6) is 0. The maximum atomic E-state index is 6.03. The van der Waals surface area contributed by atoms with Crippen molar-refractivity contribution in [2.24, 2.45) is 0 Å². The van der Waals surface area contributed by atoms with Crippen LogP contribution in [0.5, 0.6) is 0 Å². The van der Waals surface area contributed by atoms with Crippen molar-refractivity contribution in [2.75, 3.05) is 35.0 Å². The van der Waals surface area contributed by atoms with Crippen molar-refractivity contribution in [3.05, 3.63) is 0 Å². The van der Waals surface area contributed by atoms with E-state index in [4.69, 9.17) is 17.7 Å². The first-order chi connectivity index (χ1) is 11.5. The van der Waals surface area contributed by atoms with Gasteiger partial charge in [-0.3, -0.25) is 4.90 Å². The molecule has 0 N–H and O–H groups in total. The molecular weight excluding hydrogens is 338 g/mol. The summed E-state index contributed by atoms with van der Waals surface area (Å²) in [6.45, 7) is 12.1. The zero-order valence-electron chi connectivity index (χ0n) is 17.5. The molecule has 0 bridgehead atoms. The topological polar surface area (TPSA) is 40.2 Å². The monoisotopic (exact) mass is 379 g/mol. The first-order valence-corrected chi connectivity index (χ1v) is 13.6. The van der Waals surface area contributed by atoms with E-state index in [1.165, 1.54) is 0 Å². The van der Waals surface area contributed by atoms with Crippen LogP contribution in [0.2, 0.25) is 12.1 Å². The van der Waals surface area contributed by atoms with Gasteiger partial charge in [-0.2, -0.15) is 0 Å². The Labute approximate surface area is 152 Å². The fourth-order valence-electron chi connectivity index (χ4n) is 4.14. The number of nitrogens with zero attached hydrogens (tertiary/aromatic N) is 1. The average molecular weight is 380 g/mol. The maximum Gasteiger partial charge on any atom is 0.355 e. The number of hydrogen-bond acceptors (Lipinski definition) is 5. The quantitative estimate of drug-likeness (QED) is 0.429. The van der Waals surface area contributed by atoms with Crippen LogP contribution in [-0.4, -0.2) is 68.3 Å². The Morgan fingerprint density at radius 2 is 1.00 bits per heavy atom. The van der Waals surface area contributed by atoms with E-state index in [2.05, 4.69) is 39.5 Å². The Kier molecular flexibility index (Phi) is 11.9. The van der Waals surface area contributed by atoms with Gasteiger partial charge in [0.15, 0.2) is 0 Å². The summed E-state index contributed by atoms with van der Waals surface area (Å²) < 4.78 is 24.1. The Morgan fingerprint density at radius 3 is 1.17 bits per heavy atom. The lowest BCUT2D eigenvalue weighted by Gasteiger charge is -2.48. The molecule has 0 heterocycles. The van der Waals surface area contributed by atoms with Crippen molar-refractivity contribution in [3.63, 3.8) is 0 Å². The van der Waals surface area contributed by atoms with Gasteiger partial charge in [-0.25, -0.2) is 0 Å². The average Bonchev–Trinajstić information content (AvgIpc) is 2.63. The van der Waals surface area contributed by atoms with Gasteiger partial charge in [0, 0.05) is 28.4 Å². The Hall–Kier alpha value is 0.234. The second-order valence-corrected chi connectivity index (χ2v) is 13.9. The van der Waals surface area contributed by atoms with Gasteiger partial charge in [-0.05, 0) is 37.9 Å². The molecule has 7 heteroatoms. The summed E-state index contributed by atoms with van der Waals surface area (Å²) in [6.07, 6.45) is 3.12. The summed E-state index contributed by atoms with van der Waals surface area (Å²) >= 11 is 0. The number of hydrogen-bond donors (Lipinski definition) is 0. The van der Waals surface area contributed by atoms with E-state index >= 15 is 0 Å². The van der Waals surface area contributed by atoms with Crippen LogP contribution in [0.15, 0.2) is 0 Å². The fourth-order valence-corrected chi connectivity index (χ4v) is 10.7. The van der Waals surface area contributed by atoms with Gasteiger partial charge in [0.05, 0.1) is 11.3 Å². The molecule has 0 radical (unpaired) electrons. The van der Waals surface area contributed by atoms with E-state index in [1.54, 1.807) is 0 Å². The Balaban J connectivity index is 6.02. The minimum Gasteiger partial charge on any atom is -0.397 e. The van der Waals surface area contributed by atoms with E-state index in [0.29, 0.717) is 11.3 Å². The lowest BCUT2D eigenvalue weighted by Crippen LogP contribution is -2.68. The molecule has 0 fully saturated rings. The van der Waals surface area contributed by atoms with Crippen molar-refractivity contribution < 1.29 is 17.7 Å². The van der Waals surface area contributed by atoms with Gasteiger partial charge in [-0.1, -0.05) is 34.6 Å². The van der Waals surface area contributed by atoms with Crippen LogP contribution < -0.4 is 0 Å². The summed E-state index contributed by atoms with van der Waals surface area (Å²) in [5.41, 5.74) is 0.595. The summed E-state index contributed by atoms with van der Waals surface area (Å²) in [6, 6.07) is 1.88. The Morgan fingerprint density at radius 1 is 0.667 bits per heavy atom. The van der Waals surface area contributed by atoms with Crippen molar-refractivity contribution in [3.8, 4) is 0 Å². The highest BCUT2D eigenvalue weighted by Gasteiger charge is 2.52. The molecule has 146 valence electrons. The molecule has 0 aliphatic rings. The minimum absolute atomic E-state index is 0.297. The molecule has 0 aromatic carbocycles. The molecule has 0 aliphatic carbocycles. The third-order valence-electron chi connectivity index (χ3n) is 5.44. The fraction of sp³-hybridized carbons (Fsp3) is 1.00. The van der Waals surface area contributed by atoms with Crippen LogP contribution >= 0.6 is 0 Å². The third kappa shape index (κ3) is 4.90. The Bertz CT molecular complexity index is 281. The largest absolute Gasteiger partial charge is 0.397 e. The molecule has 5 nitrogen and oxygen atoms in total. The predicted molar refractivity (Wildman–Crippen MR) is 106 cm³/mol. The summed E-state index contributed by atoms with van der Waals surface area (Å²) in [5, 5.41) is 0. The van der Waals surface area contributed by atoms with Gasteiger partial charge in [-0.15, -0.1) is 0 Å². The SMILES string of the molecule is CCCN(C(CC)[Si](CC)(OC)OC)C(CC)[Si](CC)(OC)OC. The molecule has 0 saturated heterocycles. The van der Waals surface area contributed by atoms with Crippen LogP contribution in [0.1, 0.15) is 53.9 Å². The molecule has 24 heavy (non-hydrogen) atoms. The zero-order chi connectivity index (χ0) is 18.8. The second kappa shape index (κ2) is 11.8. The van der Waals surface area contributed by atoms with Crippen molar-refractivity contribution in [1.29, 1.82) is 0 Å². The van der Waals surface area contributed by atoms with Crippen LogP contribution in [0, 0.1) is 0 Å². The standard InChI is InChI=1S/C17H41NO4Si2/c1-10-15-18(16(11-2)23(13-4,19-6)20-7)17(12-3)24(14-5,21-8)22-9/h16-17H,10-15H2,1-9H3. The first kappa shape index (κ1) is 24.2. The van der Waals surface area contributed by atoms with Crippen LogP contribution in [-0.2, 0) is 17.7 Å². The van der Waals surface area contributed by atoms with Gasteiger partial charge in [0.1, 0.15) is 0 Å². The summed E-state index contributed by atoms with van der Waals surface area (Å²) in [7, 11) is 2.63. The highest BCUT2D eigenvalue weighted by molar-refractivity contribution is 6.70. The minimum atomic E-state index is -2.31. The smallest absolute Gasteiger partial charge is 0.355 e. The molecule has 0 aromatic heterocycles. The lowest BCUT2D eigenvalue weighted by atomic mass is 10.3. The van der Waals surface area contributed by atoms with Gasteiger partial charge >= 0.3 is 17.1 Å². The lowest BCUT2D eigenvalue weighted by molar-refractivity contribution is 0.108. The molecule has 0 aromatic rings. The van der Waals surface area contributed by atoms with Gasteiger partial charge in [0.2, 0.25) is 0 Å². The highest BCUT2D eigenvalue weighted by atomic mass is 28.4. The summed E-state index contributed by atoms with van der Waals surface area (Å²) in [4.78, 5) is 2.60. The van der Waals surface area contributed by atoms with Gasteiger partial charge in [0.25, 0.3) is 0 Å². The molecule has 0 aliphatic heterocycles. The van der Waals surface area contributed by atoms with E-state index in [0.717, 1.165) is 37.9 Å². The molecular formula is C17H41NO4Si2. The molecule has 0 rings (SSSR count). The van der Waals surface area contributed by atoms with Crippen molar-refractivity contribution in [2.45, 2.75) is 77.3 Å². The third-order valence-corrected chi connectivity index (χ3v) is 13.7. The van der Waals surface area contributed by atoms with Gasteiger partial charge < -0.3 is 17.7 Å². The molecule has 0 amide bonds. The van der Waals surface area contributed by atoms with Crippen LogP contribution in [0.4, 0.5) is 0 Å². The van der Waals surface area contributed by atoms with Crippen LogP contribution in [0.3, 0.4) is 0 Å². The molecule has 2 unspecified atom stereocenters. The number of rotatable bonds is 14. The van der Waals surface area contributed by atoms with Crippen molar-refractivity contribution in [1.82, 2.24) is 4.90 Å². The van der Waals surface area contributed by atoms with Crippen LogP contribution in [0.25, 0.3) is 0 Å².